The molecule has 0 aliphatic heterocycles. The zero-order valence-corrected chi connectivity index (χ0v) is 5.45. The first-order chi connectivity index (χ1) is 4.34. The van der Waals surface area contributed by atoms with E-state index >= 15 is 0 Å². The van der Waals surface area contributed by atoms with Crippen LogP contribution in [-0.4, -0.2) is 0 Å². The maximum Gasteiger partial charge on any atom is 0.117 e. The summed E-state index contributed by atoms with van der Waals surface area (Å²) in [4.78, 5) is 0. The normalized spacial score (nSPS) is 9.56. The van der Waals surface area contributed by atoms with Gasteiger partial charge in [0.05, 0.1) is 0 Å². The van der Waals surface area contributed by atoms with E-state index in [9.17, 15) is 4.39 Å². The van der Waals surface area contributed by atoms with Gasteiger partial charge in [-0.3, -0.25) is 0 Å². The van der Waals surface area contributed by atoms with E-state index in [4.69, 9.17) is 11.6 Å². The molecule has 1 rings (SSSR count). The molecule has 0 fully saturated rings. The lowest BCUT2D eigenvalue weighted by Gasteiger charge is -1.93. The molecule has 0 nitrogen and oxygen atoms in total. The van der Waals surface area contributed by atoms with Crippen molar-refractivity contribution < 1.29 is 4.39 Å². The maximum atomic E-state index is 11.9. The molecule has 0 unspecified atom stereocenters. The van der Waals surface area contributed by atoms with Crippen LogP contribution in [0.3, 0.4) is 0 Å². The standard InChI is InChI=1S/C7H5ClF/c8-7-4-2-1-3-6(7)5-9/h1-2,4H,5H2. The third-order valence-corrected chi connectivity index (χ3v) is 1.37. The molecule has 1 radical (unpaired) electrons. The summed E-state index contributed by atoms with van der Waals surface area (Å²) in [6.07, 6.45) is 0. The van der Waals surface area contributed by atoms with Crippen molar-refractivity contribution in [3.8, 4) is 0 Å². The molecule has 0 spiro atoms. The van der Waals surface area contributed by atoms with Crippen LogP contribution in [0.25, 0.3) is 0 Å². The van der Waals surface area contributed by atoms with Crippen LogP contribution in [0.5, 0.6) is 0 Å². The average Bonchev–Trinajstić information content (AvgIpc) is 1.89. The fraction of sp³-hybridized carbons (Fsp3) is 0.143. The first-order valence-electron chi connectivity index (χ1n) is 2.55. The molecule has 0 aromatic heterocycles. The van der Waals surface area contributed by atoms with Gasteiger partial charge in [0.25, 0.3) is 0 Å². The molecule has 0 aliphatic carbocycles. The van der Waals surface area contributed by atoms with Gasteiger partial charge in [0, 0.05) is 10.6 Å². The van der Waals surface area contributed by atoms with Gasteiger partial charge in [0.15, 0.2) is 0 Å². The molecule has 47 valence electrons. The van der Waals surface area contributed by atoms with E-state index in [1.165, 1.54) is 0 Å². The molecular formula is C7H5ClF. The number of halogens is 2. The van der Waals surface area contributed by atoms with Gasteiger partial charge >= 0.3 is 0 Å². The Hall–Kier alpha value is -0.560. The SMILES string of the molecule is FCc1[c]cccc1Cl. The van der Waals surface area contributed by atoms with Crippen molar-refractivity contribution in [3.05, 3.63) is 34.9 Å². The van der Waals surface area contributed by atoms with Crippen LogP contribution >= 0.6 is 11.6 Å². The Labute approximate surface area is 58.3 Å². The van der Waals surface area contributed by atoms with Crippen LogP contribution < -0.4 is 0 Å². The fourth-order valence-corrected chi connectivity index (χ4v) is 0.731. The van der Waals surface area contributed by atoms with Crippen molar-refractivity contribution in [2.75, 3.05) is 0 Å². The highest BCUT2D eigenvalue weighted by atomic mass is 35.5. The number of benzene rings is 1. The molecule has 0 atom stereocenters. The second-order valence-corrected chi connectivity index (χ2v) is 2.04. The Balaban J connectivity index is 3.01. The Kier molecular flexibility index (Phi) is 2.06. The molecule has 0 amide bonds. The quantitative estimate of drug-likeness (QED) is 0.567. The molecule has 0 saturated carbocycles. The maximum absolute atomic E-state index is 11.9. The molecular weight excluding hydrogens is 139 g/mol. The summed E-state index contributed by atoms with van der Waals surface area (Å²) in [5.41, 5.74) is 0.430. The van der Waals surface area contributed by atoms with Crippen molar-refractivity contribution >= 4 is 11.6 Å². The first kappa shape index (κ1) is 6.56. The van der Waals surface area contributed by atoms with Crippen molar-refractivity contribution in [3.63, 3.8) is 0 Å². The lowest BCUT2D eigenvalue weighted by atomic mass is 10.2. The van der Waals surface area contributed by atoms with Crippen LogP contribution in [0.4, 0.5) is 4.39 Å². The predicted molar refractivity (Wildman–Crippen MR) is 35.1 cm³/mol. The molecule has 0 N–H and O–H groups in total. The topological polar surface area (TPSA) is 0 Å². The van der Waals surface area contributed by atoms with Crippen molar-refractivity contribution in [1.82, 2.24) is 0 Å². The van der Waals surface area contributed by atoms with E-state index in [2.05, 4.69) is 6.07 Å². The minimum absolute atomic E-state index is 0.430. The lowest BCUT2D eigenvalue weighted by Crippen LogP contribution is -1.77. The van der Waals surface area contributed by atoms with Gasteiger partial charge in [-0.25, -0.2) is 4.39 Å². The van der Waals surface area contributed by atoms with Gasteiger partial charge in [-0.1, -0.05) is 23.7 Å². The monoisotopic (exact) mass is 143 g/mol. The molecule has 0 aliphatic rings. The van der Waals surface area contributed by atoms with Gasteiger partial charge in [0.1, 0.15) is 6.67 Å². The summed E-state index contributed by atoms with van der Waals surface area (Å²) in [5, 5.41) is 0.444. The largest absolute Gasteiger partial charge is 0.246 e. The Morgan fingerprint density at radius 3 is 2.89 bits per heavy atom. The molecule has 0 bridgehead atoms. The Morgan fingerprint density at radius 2 is 2.44 bits per heavy atom. The summed E-state index contributed by atoms with van der Waals surface area (Å²) < 4.78 is 11.9. The molecule has 1 aromatic carbocycles. The summed E-state index contributed by atoms with van der Waals surface area (Å²) in [6, 6.07) is 7.69. The summed E-state index contributed by atoms with van der Waals surface area (Å²) >= 11 is 5.55. The van der Waals surface area contributed by atoms with Crippen molar-refractivity contribution in [2.45, 2.75) is 6.67 Å². The van der Waals surface area contributed by atoms with Gasteiger partial charge in [0.2, 0.25) is 0 Å². The van der Waals surface area contributed by atoms with E-state index in [1.54, 1.807) is 18.2 Å². The highest BCUT2D eigenvalue weighted by molar-refractivity contribution is 6.31. The van der Waals surface area contributed by atoms with E-state index in [0.29, 0.717) is 10.6 Å². The van der Waals surface area contributed by atoms with E-state index in [1.807, 2.05) is 0 Å². The van der Waals surface area contributed by atoms with Crippen LogP contribution in [0.15, 0.2) is 18.2 Å². The first-order valence-corrected chi connectivity index (χ1v) is 2.93. The van der Waals surface area contributed by atoms with Crippen molar-refractivity contribution in [1.29, 1.82) is 0 Å². The van der Waals surface area contributed by atoms with Crippen molar-refractivity contribution in [2.24, 2.45) is 0 Å². The summed E-state index contributed by atoms with van der Waals surface area (Å²) in [5.74, 6) is 0. The smallest absolute Gasteiger partial charge is 0.117 e. The number of hydrogen-bond acceptors (Lipinski definition) is 0. The van der Waals surface area contributed by atoms with E-state index in [0.717, 1.165) is 0 Å². The van der Waals surface area contributed by atoms with Crippen LogP contribution in [0.2, 0.25) is 5.02 Å². The van der Waals surface area contributed by atoms with Crippen LogP contribution in [-0.2, 0) is 6.67 Å². The summed E-state index contributed by atoms with van der Waals surface area (Å²) in [6.45, 7) is -0.542. The molecule has 0 heterocycles. The summed E-state index contributed by atoms with van der Waals surface area (Å²) in [7, 11) is 0. The predicted octanol–water partition coefficient (Wildman–Crippen LogP) is 2.61. The third kappa shape index (κ3) is 1.42. The number of rotatable bonds is 1. The molecule has 9 heavy (non-hydrogen) atoms. The zero-order valence-electron chi connectivity index (χ0n) is 4.70. The van der Waals surface area contributed by atoms with Crippen LogP contribution in [0.1, 0.15) is 5.56 Å². The fourth-order valence-electron chi connectivity index (χ4n) is 0.553. The van der Waals surface area contributed by atoms with Gasteiger partial charge in [-0.15, -0.1) is 0 Å². The van der Waals surface area contributed by atoms with Crippen LogP contribution in [0, 0.1) is 6.07 Å². The number of hydrogen-bond donors (Lipinski definition) is 0. The van der Waals surface area contributed by atoms with E-state index in [-0.39, 0.29) is 0 Å². The van der Waals surface area contributed by atoms with Gasteiger partial charge in [-0.05, 0) is 12.1 Å². The van der Waals surface area contributed by atoms with E-state index < -0.39 is 6.67 Å². The third-order valence-electron chi connectivity index (χ3n) is 1.02. The molecule has 2 heteroatoms. The Bertz CT molecular complexity index is 198. The second-order valence-electron chi connectivity index (χ2n) is 1.63. The highest BCUT2D eigenvalue weighted by Crippen LogP contribution is 2.14. The average molecular weight is 144 g/mol. The zero-order chi connectivity index (χ0) is 6.69. The minimum Gasteiger partial charge on any atom is -0.246 e. The van der Waals surface area contributed by atoms with Gasteiger partial charge in [-0.2, -0.15) is 0 Å². The number of alkyl halides is 1. The van der Waals surface area contributed by atoms with Gasteiger partial charge < -0.3 is 0 Å². The molecule has 1 aromatic rings. The molecule has 0 saturated heterocycles. The lowest BCUT2D eigenvalue weighted by molar-refractivity contribution is 0.485. The Morgan fingerprint density at radius 1 is 1.67 bits per heavy atom. The minimum atomic E-state index is -0.542. The highest BCUT2D eigenvalue weighted by Gasteiger charge is 1.94. The second kappa shape index (κ2) is 2.83.